The van der Waals surface area contributed by atoms with E-state index in [-0.39, 0.29) is 6.10 Å². The number of fused-ring (bicyclic) bond motifs is 1. The fourth-order valence-electron chi connectivity index (χ4n) is 1.92. The largest absolute Gasteiger partial charge is 0.488 e. The molecule has 1 aromatic rings. The van der Waals surface area contributed by atoms with Crippen molar-refractivity contribution in [2.24, 2.45) is 0 Å². The van der Waals surface area contributed by atoms with Crippen LogP contribution in [0.25, 0.3) is 0 Å². The van der Waals surface area contributed by atoms with Crippen molar-refractivity contribution in [2.75, 3.05) is 12.8 Å². The average Bonchev–Trinajstić information content (AvgIpc) is 2.76. The first-order chi connectivity index (χ1) is 8.88. The summed E-state index contributed by atoms with van der Waals surface area (Å²) in [7, 11) is -3.35. The van der Waals surface area contributed by atoms with E-state index in [1.54, 1.807) is 0 Å². The first-order valence-electron chi connectivity index (χ1n) is 6.09. The Morgan fingerprint density at radius 3 is 2.79 bits per heavy atom. The molecule has 1 aromatic carbocycles. The second-order valence-electron chi connectivity index (χ2n) is 4.77. The zero-order valence-electron chi connectivity index (χ0n) is 10.9. The molecule has 6 heteroatoms. The third-order valence-corrected chi connectivity index (χ3v) is 4.73. The number of nitrogens with one attached hydrogen (secondary N) is 1. The van der Waals surface area contributed by atoms with Gasteiger partial charge < -0.3 is 10.1 Å². The van der Waals surface area contributed by atoms with Gasteiger partial charge in [-0.05, 0) is 18.6 Å². The lowest BCUT2D eigenvalue weighted by Gasteiger charge is -2.14. The van der Waals surface area contributed by atoms with Crippen molar-refractivity contribution in [3.05, 3.63) is 29.8 Å². The molecule has 0 saturated heterocycles. The van der Waals surface area contributed by atoms with Gasteiger partial charge in [-0.3, -0.25) is 4.79 Å². The van der Waals surface area contributed by atoms with E-state index in [9.17, 15) is 13.2 Å². The number of rotatable bonds is 4. The molecule has 0 spiro atoms. The molecule has 1 amide bonds. The van der Waals surface area contributed by atoms with E-state index in [2.05, 4.69) is 5.32 Å². The van der Waals surface area contributed by atoms with Gasteiger partial charge in [-0.25, -0.2) is 8.42 Å². The van der Waals surface area contributed by atoms with Crippen molar-refractivity contribution in [2.45, 2.75) is 24.7 Å². The van der Waals surface area contributed by atoms with Crippen LogP contribution in [0.4, 0.5) is 0 Å². The Bertz CT molecular complexity index is 557. The summed E-state index contributed by atoms with van der Waals surface area (Å²) in [6.07, 6.45) is 1.65. The number of amides is 1. The molecule has 2 rings (SSSR count). The van der Waals surface area contributed by atoms with Gasteiger partial charge >= 0.3 is 0 Å². The number of hydrogen-bond donors (Lipinski definition) is 1. The van der Waals surface area contributed by atoms with Crippen molar-refractivity contribution in [1.29, 1.82) is 0 Å². The zero-order valence-corrected chi connectivity index (χ0v) is 11.7. The summed E-state index contributed by atoms with van der Waals surface area (Å²) in [5.41, 5.74) is 1.11. The molecule has 1 heterocycles. The number of benzene rings is 1. The van der Waals surface area contributed by atoms with Crippen LogP contribution >= 0.6 is 0 Å². The Kier molecular flexibility index (Phi) is 3.80. The van der Waals surface area contributed by atoms with E-state index in [0.717, 1.165) is 24.0 Å². The third-order valence-electron chi connectivity index (χ3n) is 3.23. The molecule has 0 aromatic heterocycles. The number of para-hydroxylation sites is 1. The van der Waals surface area contributed by atoms with Gasteiger partial charge in [-0.2, -0.15) is 0 Å². The van der Waals surface area contributed by atoms with E-state index >= 15 is 0 Å². The van der Waals surface area contributed by atoms with Crippen molar-refractivity contribution >= 4 is 15.7 Å². The van der Waals surface area contributed by atoms with Crippen LogP contribution in [-0.4, -0.2) is 38.5 Å². The van der Waals surface area contributed by atoms with Crippen LogP contribution in [0.1, 0.15) is 12.5 Å². The molecule has 0 unspecified atom stereocenters. The maximum atomic E-state index is 11.7. The van der Waals surface area contributed by atoms with Gasteiger partial charge in [0.05, 0.1) is 6.54 Å². The summed E-state index contributed by atoms with van der Waals surface area (Å²) in [6.45, 7) is 1.70. The van der Waals surface area contributed by atoms with Crippen LogP contribution in [0.3, 0.4) is 0 Å². The maximum Gasteiger partial charge on any atom is 0.238 e. The highest BCUT2D eigenvalue weighted by Crippen LogP contribution is 2.27. The van der Waals surface area contributed by atoms with Gasteiger partial charge in [0.2, 0.25) is 5.91 Å². The highest BCUT2D eigenvalue weighted by Gasteiger charge is 2.26. The van der Waals surface area contributed by atoms with E-state index in [4.69, 9.17) is 4.74 Å². The zero-order chi connectivity index (χ0) is 14.0. The fraction of sp³-hybridized carbons (Fsp3) is 0.462. The molecule has 19 heavy (non-hydrogen) atoms. The average molecular weight is 283 g/mol. The van der Waals surface area contributed by atoms with Gasteiger partial charge in [0, 0.05) is 12.7 Å². The number of hydrogen-bond acceptors (Lipinski definition) is 4. The first kappa shape index (κ1) is 13.9. The molecule has 1 N–H and O–H groups in total. The Morgan fingerprint density at radius 2 is 2.16 bits per heavy atom. The molecule has 0 saturated carbocycles. The number of carbonyl (C=O) groups excluding carboxylic acids is 1. The predicted octanol–water partition coefficient (Wildman–Crippen LogP) is 0.539. The van der Waals surface area contributed by atoms with Gasteiger partial charge in [-0.1, -0.05) is 18.2 Å². The Morgan fingerprint density at radius 1 is 1.47 bits per heavy atom. The minimum Gasteiger partial charge on any atom is -0.488 e. The minimum absolute atomic E-state index is 0.131. The molecular formula is C13H17NO4S. The predicted molar refractivity (Wildman–Crippen MR) is 71.9 cm³/mol. The van der Waals surface area contributed by atoms with E-state index in [1.807, 2.05) is 24.3 Å². The molecule has 2 atom stereocenters. The smallest absolute Gasteiger partial charge is 0.238 e. The molecule has 1 aliphatic heterocycles. The van der Waals surface area contributed by atoms with Gasteiger partial charge in [0.1, 0.15) is 17.1 Å². The normalized spacial score (nSPS) is 19.4. The summed E-state index contributed by atoms with van der Waals surface area (Å²) in [5.74, 6) is 0.347. The minimum atomic E-state index is -3.35. The molecule has 0 aliphatic carbocycles. The Labute approximate surface area is 112 Å². The fourth-order valence-corrected chi connectivity index (χ4v) is 2.39. The van der Waals surface area contributed by atoms with Crippen LogP contribution in [0.5, 0.6) is 5.75 Å². The highest BCUT2D eigenvalue weighted by molar-refractivity contribution is 7.92. The quantitative estimate of drug-likeness (QED) is 0.875. The van der Waals surface area contributed by atoms with Gasteiger partial charge in [-0.15, -0.1) is 0 Å². The third kappa shape index (κ3) is 3.26. The van der Waals surface area contributed by atoms with Crippen molar-refractivity contribution in [1.82, 2.24) is 5.32 Å². The van der Waals surface area contributed by atoms with Crippen LogP contribution < -0.4 is 10.1 Å². The lowest BCUT2D eigenvalue weighted by atomic mass is 10.1. The van der Waals surface area contributed by atoms with Crippen molar-refractivity contribution < 1.29 is 17.9 Å². The number of carbonyl (C=O) groups is 1. The molecule has 5 nitrogen and oxygen atoms in total. The number of ether oxygens (including phenoxy) is 1. The van der Waals surface area contributed by atoms with Gasteiger partial charge in [0.15, 0.2) is 9.84 Å². The molecule has 104 valence electrons. The second kappa shape index (κ2) is 5.21. The van der Waals surface area contributed by atoms with E-state index in [0.29, 0.717) is 6.54 Å². The highest BCUT2D eigenvalue weighted by atomic mass is 32.2. The number of sulfone groups is 1. The van der Waals surface area contributed by atoms with Crippen LogP contribution in [0.15, 0.2) is 24.3 Å². The Hall–Kier alpha value is -1.56. The summed E-state index contributed by atoms with van der Waals surface area (Å²) >= 11 is 0. The van der Waals surface area contributed by atoms with Crippen molar-refractivity contribution in [3.8, 4) is 5.75 Å². The summed E-state index contributed by atoms with van der Waals surface area (Å²) in [5, 5.41) is 1.59. The van der Waals surface area contributed by atoms with Crippen LogP contribution in [0, 0.1) is 0 Å². The van der Waals surface area contributed by atoms with Crippen molar-refractivity contribution in [3.63, 3.8) is 0 Å². The van der Waals surface area contributed by atoms with E-state index < -0.39 is 21.0 Å². The molecular weight excluding hydrogens is 266 g/mol. The van der Waals surface area contributed by atoms with E-state index in [1.165, 1.54) is 6.92 Å². The molecule has 0 bridgehead atoms. The summed E-state index contributed by atoms with van der Waals surface area (Å²) in [4.78, 5) is 11.7. The molecule has 0 radical (unpaired) electrons. The molecule has 0 fully saturated rings. The molecule has 1 aliphatic rings. The summed E-state index contributed by atoms with van der Waals surface area (Å²) < 4.78 is 28.2. The van der Waals surface area contributed by atoms with Crippen LogP contribution in [-0.2, 0) is 21.1 Å². The first-order valence-corrected chi connectivity index (χ1v) is 8.04. The maximum absolute atomic E-state index is 11.7. The topological polar surface area (TPSA) is 72.5 Å². The standard InChI is InChI=1S/C13H17NO4S/c1-9(19(2,16)17)13(15)14-8-11-7-10-5-3-4-6-12(10)18-11/h3-6,9,11H,7-8H2,1-2H3,(H,14,15)/t9-,11+/m1/s1. The van der Waals surface area contributed by atoms with Crippen LogP contribution in [0.2, 0.25) is 0 Å². The Balaban J connectivity index is 1.87. The summed E-state index contributed by atoms with van der Waals surface area (Å²) in [6, 6.07) is 7.70. The monoisotopic (exact) mass is 283 g/mol. The lowest BCUT2D eigenvalue weighted by molar-refractivity contribution is -0.120. The van der Waals surface area contributed by atoms with Gasteiger partial charge in [0.25, 0.3) is 0 Å². The SMILES string of the molecule is C[C@H](C(=O)NC[C@@H]1Cc2ccccc2O1)S(C)(=O)=O. The second-order valence-corrected chi connectivity index (χ2v) is 7.13. The lowest BCUT2D eigenvalue weighted by Crippen LogP contribution is -2.42.